The molecule has 0 saturated heterocycles. The van der Waals surface area contributed by atoms with Gasteiger partial charge >= 0.3 is 0 Å². The van der Waals surface area contributed by atoms with Gasteiger partial charge in [0.25, 0.3) is 0 Å². The van der Waals surface area contributed by atoms with Crippen LogP contribution < -0.4 is 19.9 Å². The highest BCUT2D eigenvalue weighted by Gasteiger charge is 2.23. The number of ether oxygens (including phenoxy) is 3. The van der Waals surface area contributed by atoms with Crippen LogP contribution in [0.3, 0.4) is 0 Å². The molecule has 0 bridgehead atoms. The van der Waals surface area contributed by atoms with Crippen LogP contribution in [0.15, 0.2) is 23.6 Å². The summed E-state index contributed by atoms with van der Waals surface area (Å²) in [5.41, 5.74) is 7.08. The van der Waals surface area contributed by atoms with Crippen LogP contribution in [0.2, 0.25) is 5.02 Å². The molecule has 0 radical (unpaired) electrons. The van der Waals surface area contributed by atoms with Crippen LogP contribution >= 0.6 is 22.9 Å². The summed E-state index contributed by atoms with van der Waals surface area (Å²) in [6.45, 7) is 0. The predicted octanol–water partition coefficient (Wildman–Crippen LogP) is 3.48. The first-order valence-corrected chi connectivity index (χ1v) is 7.16. The third-order valence-corrected chi connectivity index (χ3v) is 4.43. The van der Waals surface area contributed by atoms with Crippen molar-refractivity contribution in [2.24, 2.45) is 5.73 Å². The van der Waals surface area contributed by atoms with E-state index >= 15 is 0 Å². The van der Waals surface area contributed by atoms with Crippen LogP contribution in [0.4, 0.5) is 0 Å². The van der Waals surface area contributed by atoms with E-state index in [-0.39, 0.29) is 0 Å². The van der Waals surface area contributed by atoms with Gasteiger partial charge in [0, 0.05) is 17.0 Å². The molecule has 1 unspecified atom stereocenters. The molecule has 1 atom stereocenters. The molecule has 108 valence electrons. The zero-order valence-corrected chi connectivity index (χ0v) is 13.0. The lowest BCUT2D eigenvalue weighted by Gasteiger charge is -2.19. The van der Waals surface area contributed by atoms with E-state index in [1.165, 1.54) is 11.3 Å². The number of hydrogen-bond acceptors (Lipinski definition) is 5. The van der Waals surface area contributed by atoms with Gasteiger partial charge in [-0.25, -0.2) is 0 Å². The molecule has 0 spiro atoms. The molecule has 0 fully saturated rings. The Bertz CT molecular complexity index is 575. The molecule has 2 N–H and O–H groups in total. The van der Waals surface area contributed by atoms with Crippen molar-refractivity contribution in [3.05, 3.63) is 39.0 Å². The van der Waals surface area contributed by atoms with Crippen LogP contribution in [0.25, 0.3) is 0 Å². The van der Waals surface area contributed by atoms with Crippen molar-refractivity contribution in [2.45, 2.75) is 6.04 Å². The molecule has 0 amide bonds. The summed E-state index contributed by atoms with van der Waals surface area (Å²) in [6.07, 6.45) is 0. The van der Waals surface area contributed by atoms with Crippen molar-refractivity contribution in [2.75, 3.05) is 21.3 Å². The minimum atomic E-state index is -0.418. The van der Waals surface area contributed by atoms with E-state index in [0.717, 1.165) is 10.4 Å². The zero-order chi connectivity index (χ0) is 14.7. The number of halogens is 1. The summed E-state index contributed by atoms with van der Waals surface area (Å²) in [6, 6.07) is 4.96. The normalized spacial score (nSPS) is 12.1. The third-order valence-electron chi connectivity index (χ3n) is 2.99. The van der Waals surface area contributed by atoms with E-state index in [1.54, 1.807) is 33.5 Å². The van der Waals surface area contributed by atoms with E-state index in [2.05, 4.69) is 0 Å². The molecule has 4 nitrogen and oxygen atoms in total. The topological polar surface area (TPSA) is 53.7 Å². The van der Waals surface area contributed by atoms with Crippen molar-refractivity contribution in [3.63, 3.8) is 0 Å². The Kier molecular flexibility index (Phi) is 4.75. The Hall–Kier alpha value is -1.43. The van der Waals surface area contributed by atoms with Gasteiger partial charge in [-0.1, -0.05) is 11.6 Å². The molecule has 0 aliphatic carbocycles. The molecule has 1 aromatic heterocycles. The van der Waals surface area contributed by atoms with Gasteiger partial charge in [-0.2, -0.15) is 0 Å². The van der Waals surface area contributed by atoms with E-state index < -0.39 is 6.04 Å². The van der Waals surface area contributed by atoms with E-state index in [1.807, 2.05) is 11.4 Å². The summed E-state index contributed by atoms with van der Waals surface area (Å²) in [5, 5.41) is 2.54. The van der Waals surface area contributed by atoms with Crippen LogP contribution in [0.5, 0.6) is 17.2 Å². The molecule has 0 saturated carbocycles. The van der Waals surface area contributed by atoms with Crippen LogP contribution in [0.1, 0.15) is 16.5 Å². The molecular formula is C14H16ClNO3S. The molecular weight excluding hydrogens is 298 g/mol. The Morgan fingerprint density at radius 3 is 2.10 bits per heavy atom. The Morgan fingerprint density at radius 2 is 1.70 bits per heavy atom. The van der Waals surface area contributed by atoms with Crippen molar-refractivity contribution >= 4 is 22.9 Å². The maximum Gasteiger partial charge on any atom is 0.131 e. The second-order valence-electron chi connectivity index (χ2n) is 4.06. The standard InChI is InChI=1S/C14H16ClNO3S/c1-17-8-6-10(18-2)12(11(7-8)19-3)13(16)14-9(15)4-5-20-14/h4-7,13H,16H2,1-3H3. The number of methoxy groups -OCH3 is 3. The van der Waals surface area contributed by atoms with Crippen molar-refractivity contribution in [1.29, 1.82) is 0 Å². The number of hydrogen-bond donors (Lipinski definition) is 1. The van der Waals surface area contributed by atoms with E-state index in [9.17, 15) is 0 Å². The second kappa shape index (κ2) is 6.35. The number of rotatable bonds is 5. The number of thiophene rings is 1. The van der Waals surface area contributed by atoms with Gasteiger partial charge in [-0.3, -0.25) is 0 Å². The fraction of sp³-hybridized carbons (Fsp3) is 0.286. The van der Waals surface area contributed by atoms with Gasteiger partial charge in [0.1, 0.15) is 17.2 Å². The first-order valence-electron chi connectivity index (χ1n) is 5.90. The van der Waals surface area contributed by atoms with Gasteiger partial charge in [0.15, 0.2) is 0 Å². The lowest BCUT2D eigenvalue weighted by molar-refractivity contribution is 0.367. The van der Waals surface area contributed by atoms with Crippen molar-refractivity contribution in [1.82, 2.24) is 0 Å². The Balaban J connectivity index is 2.57. The minimum Gasteiger partial charge on any atom is -0.496 e. The van der Waals surface area contributed by atoms with Gasteiger partial charge in [-0.15, -0.1) is 11.3 Å². The summed E-state index contributed by atoms with van der Waals surface area (Å²) < 4.78 is 16.0. The smallest absolute Gasteiger partial charge is 0.131 e. The number of nitrogens with two attached hydrogens (primary N) is 1. The Labute approximate surface area is 127 Å². The molecule has 1 heterocycles. The first-order chi connectivity index (χ1) is 9.62. The average Bonchev–Trinajstić information content (AvgIpc) is 2.91. The van der Waals surface area contributed by atoms with Gasteiger partial charge in [-0.05, 0) is 11.4 Å². The third kappa shape index (κ3) is 2.70. The van der Waals surface area contributed by atoms with E-state index in [4.69, 9.17) is 31.5 Å². The summed E-state index contributed by atoms with van der Waals surface area (Å²) >= 11 is 7.66. The average molecular weight is 314 g/mol. The monoisotopic (exact) mass is 313 g/mol. The van der Waals surface area contributed by atoms with Gasteiger partial charge in [0.05, 0.1) is 38.0 Å². The fourth-order valence-corrected chi connectivity index (χ4v) is 3.18. The van der Waals surface area contributed by atoms with Crippen molar-refractivity contribution in [3.8, 4) is 17.2 Å². The highest BCUT2D eigenvalue weighted by atomic mass is 35.5. The first kappa shape index (κ1) is 15.0. The van der Waals surface area contributed by atoms with Crippen LogP contribution in [0, 0.1) is 0 Å². The highest BCUT2D eigenvalue weighted by Crippen LogP contribution is 2.42. The molecule has 2 aromatic rings. The van der Waals surface area contributed by atoms with E-state index in [0.29, 0.717) is 22.3 Å². The largest absolute Gasteiger partial charge is 0.496 e. The maximum absolute atomic E-state index is 6.33. The van der Waals surface area contributed by atoms with Crippen LogP contribution in [-0.2, 0) is 0 Å². The fourth-order valence-electron chi connectivity index (χ4n) is 2.00. The molecule has 20 heavy (non-hydrogen) atoms. The molecule has 2 rings (SSSR count). The van der Waals surface area contributed by atoms with Crippen molar-refractivity contribution < 1.29 is 14.2 Å². The van der Waals surface area contributed by atoms with Gasteiger partial charge in [0.2, 0.25) is 0 Å². The highest BCUT2D eigenvalue weighted by molar-refractivity contribution is 7.10. The Morgan fingerprint density at radius 1 is 1.10 bits per heavy atom. The van der Waals surface area contributed by atoms with Gasteiger partial charge < -0.3 is 19.9 Å². The number of benzene rings is 1. The summed E-state index contributed by atoms with van der Waals surface area (Å²) in [7, 11) is 4.75. The summed E-state index contributed by atoms with van der Waals surface area (Å²) in [4.78, 5) is 0.869. The molecule has 1 aromatic carbocycles. The maximum atomic E-state index is 6.33. The minimum absolute atomic E-state index is 0.418. The molecule has 0 aliphatic heterocycles. The molecule has 6 heteroatoms. The SMILES string of the molecule is COc1cc(OC)c(C(N)c2sccc2Cl)c(OC)c1. The zero-order valence-electron chi connectivity index (χ0n) is 11.5. The van der Waals surface area contributed by atoms with Crippen LogP contribution in [-0.4, -0.2) is 21.3 Å². The lowest BCUT2D eigenvalue weighted by atomic mass is 10.0. The lowest BCUT2D eigenvalue weighted by Crippen LogP contribution is -2.13. The quantitative estimate of drug-likeness (QED) is 0.918. The predicted molar refractivity (Wildman–Crippen MR) is 81.5 cm³/mol. The molecule has 0 aliphatic rings. The second-order valence-corrected chi connectivity index (χ2v) is 5.41. The summed E-state index contributed by atoms with van der Waals surface area (Å²) in [5.74, 6) is 1.86.